The van der Waals surface area contributed by atoms with Crippen LogP contribution in [0.15, 0.2) is 11.1 Å². The van der Waals surface area contributed by atoms with E-state index < -0.39 is 10.0 Å². The number of sulfonamides is 1. The SMILES string of the molecule is CC1=C(C)CN(S(=O)(=O)CC2C[C@@H]3COC[C@@H]3O2)CC1. The van der Waals surface area contributed by atoms with E-state index in [9.17, 15) is 8.42 Å². The van der Waals surface area contributed by atoms with Crippen molar-refractivity contribution in [1.29, 1.82) is 0 Å². The molecule has 2 saturated heterocycles. The lowest BCUT2D eigenvalue weighted by Crippen LogP contribution is -2.40. The van der Waals surface area contributed by atoms with E-state index in [1.165, 1.54) is 11.1 Å². The van der Waals surface area contributed by atoms with Crippen LogP contribution < -0.4 is 0 Å². The number of hydrogen-bond acceptors (Lipinski definition) is 4. The van der Waals surface area contributed by atoms with Crippen molar-refractivity contribution in [3.05, 3.63) is 11.1 Å². The van der Waals surface area contributed by atoms with Gasteiger partial charge < -0.3 is 9.47 Å². The van der Waals surface area contributed by atoms with Gasteiger partial charge in [0, 0.05) is 19.0 Å². The van der Waals surface area contributed by atoms with E-state index in [0.717, 1.165) is 12.8 Å². The van der Waals surface area contributed by atoms with Gasteiger partial charge >= 0.3 is 0 Å². The van der Waals surface area contributed by atoms with Crippen molar-refractivity contribution in [3.8, 4) is 0 Å². The van der Waals surface area contributed by atoms with Crippen molar-refractivity contribution in [2.24, 2.45) is 5.92 Å². The summed E-state index contributed by atoms with van der Waals surface area (Å²) in [5, 5.41) is 0. The van der Waals surface area contributed by atoms with Crippen LogP contribution in [0.4, 0.5) is 0 Å². The van der Waals surface area contributed by atoms with Crippen molar-refractivity contribution >= 4 is 10.0 Å². The molecule has 3 aliphatic heterocycles. The Morgan fingerprint density at radius 2 is 2.05 bits per heavy atom. The third kappa shape index (κ3) is 2.79. The summed E-state index contributed by atoms with van der Waals surface area (Å²) < 4.78 is 37.8. The zero-order chi connectivity index (χ0) is 14.3. The average Bonchev–Trinajstić information content (AvgIpc) is 2.92. The smallest absolute Gasteiger partial charge is 0.216 e. The largest absolute Gasteiger partial charge is 0.378 e. The molecule has 0 radical (unpaired) electrons. The van der Waals surface area contributed by atoms with Gasteiger partial charge in [0.05, 0.1) is 31.2 Å². The predicted octanol–water partition coefficient (Wildman–Crippen LogP) is 1.16. The van der Waals surface area contributed by atoms with E-state index in [4.69, 9.17) is 9.47 Å². The quantitative estimate of drug-likeness (QED) is 0.734. The van der Waals surface area contributed by atoms with Gasteiger partial charge in [0.2, 0.25) is 10.0 Å². The van der Waals surface area contributed by atoms with E-state index in [1.807, 2.05) is 6.92 Å². The molecule has 0 spiro atoms. The summed E-state index contributed by atoms with van der Waals surface area (Å²) in [6.07, 6.45) is 1.60. The van der Waals surface area contributed by atoms with E-state index >= 15 is 0 Å². The molecule has 0 amide bonds. The van der Waals surface area contributed by atoms with Crippen LogP contribution in [0.2, 0.25) is 0 Å². The molecule has 3 rings (SSSR count). The minimum Gasteiger partial charge on any atom is -0.378 e. The van der Waals surface area contributed by atoms with Crippen LogP contribution in [0.3, 0.4) is 0 Å². The summed E-state index contributed by atoms with van der Waals surface area (Å²) in [7, 11) is -3.22. The molecule has 3 heterocycles. The van der Waals surface area contributed by atoms with E-state index in [1.54, 1.807) is 4.31 Å². The Bertz CT molecular complexity index is 501. The molecule has 6 heteroatoms. The van der Waals surface area contributed by atoms with Crippen LogP contribution in [0.1, 0.15) is 26.7 Å². The maximum atomic E-state index is 12.5. The molecule has 3 aliphatic rings. The number of ether oxygens (including phenoxy) is 2. The fraction of sp³-hybridized carbons (Fsp3) is 0.857. The van der Waals surface area contributed by atoms with Crippen LogP contribution in [0, 0.1) is 5.92 Å². The molecule has 0 aromatic rings. The molecule has 0 saturated carbocycles. The number of fused-ring (bicyclic) bond motifs is 1. The standard InChI is InChI=1S/C14H23NO4S/c1-10-3-4-15(6-11(10)2)20(16,17)9-13-5-12-7-18-8-14(12)19-13/h12-14H,3-9H2,1-2H3/t12-,13?,14+/m1/s1. The molecule has 20 heavy (non-hydrogen) atoms. The van der Waals surface area contributed by atoms with Crippen LogP contribution in [-0.2, 0) is 19.5 Å². The Balaban J connectivity index is 1.62. The van der Waals surface area contributed by atoms with E-state index in [0.29, 0.717) is 32.2 Å². The van der Waals surface area contributed by atoms with Gasteiger partial charge in [0.1, 0.15) is 0 Å². The van der Waals surface area contributed by atoms with Crippen LogP contribution in [0.5, 0.6) is 0 Å². The molecular weight excluding hydrogens is 278 g/mol. The first-order valence-electron chi connectivity index (χ1n) is 7.32. The maximum Gasteiger partial charge on any atom is 0.216 e. The van der Waals surface area contributed by atoms with Crippen molar-refractivity contribution < 1.29 is 17.9 Å². The third-order valence-electron chi connectivity index (χ3n) is 4.74. The molecule has 0 aromatic heterocycles. The highest BCUT2D eigenvalue weighted by Crippen LogP contribution is 2.32. The molecule has 0 aromatic carbocycles. The van der Waals surface area contributed by atoms with E-state index in [-0.39, 0.29) is 18.0 Å². The van der Waals surface area contributed by atoms with E-state index in [2.05, 4.69) is 6.92 Å². The lowest BCUT2D eigenvalue weighted by Gasteiger charge is -2.29. The molecule has 3 atom stereocenters. The normalized spacial score (nSPS) is 35.6. The Kier molecular flexibility index (Phi) is 3.92. The van der Waals surface area contributed by atoms with Gasteiger partial charge in [0.15, 0.2) is 0 Å². The second-order valence-corrected chi connectivity index (χ2v) is 8.27. The maximum absolute atomic E-state index is 12.5. The monoisotopic (exact) mass is 301 g/mol. The molecule has 0 bridgehead atoms. The van der Waals surface area contributed by atoms with Gasteiger partial charge in [-0.15, -0.1) is 0 Å². The van der Waals surface area contributed by atoms with Crippen LogP contribution >= 0.6 is 0 Å². The highest BCUT2D eigenvalue weighted by atomic mass is 32.2. The second-order valence-electron chi connectivity index (χ2n) is 6.25. The highest BCUT2D eigenvalue weighted by Gasteiger charge is 2.41. The van der Waals surface area contributed by atoms with Crippen LogP contribution in [0.25, 0.3) is 0 Å². The van der Waals surface area contributed by atoms with Crippen molar-refractivity contribution in [2.45, 2.75) is 38.9 Å². The molecule has 0 N–H and O–H groups in total. The summed E-state index contributed by atoms with van der Waals surface area (Å²) >= 11 is 0. The fourth-order valence-electron chi connectivity index (χ4n) is 3.26. The average molecular weight is 301 g/mol. The van der Waals surface area contributed by atoms with Crippen molar-refractivity contribution in [2.75, 3.05) is 32.1 Å². The number of nitrogens with zero attached hydrogens (tertiary/aromatic N) is 1. The van der Waals surface area contributed by atoms with Gasteiger partial charge in [-0.2, -0.15) is 4.31 Å². The number of hydrogen-bond donors (Lipinski definition) is 0. The summed E-state index contributed by atoms with van der Waals surface area (Å²) in [6, 6.07) is 0. The topological polar surface area (TPSA) is 55.8 Å². The predicted molar refractivity (Wildman–Crippen MR) is 75.9 cm³/mol. The molecular formula is C14H23NO4S. The molecule has 1 unspecified atom stereocenters. The number of rotatable bonds is 3. The summed E-state index contributed by atoms with van der Waals surface area (Å²) in [4.78, 5) is 0. The fourth-order valence-corrected chi connectivity index (χ4v) is 4.91. The summed E-state index contributed by atoms with van der Waals surface area (Å²) in [6.45, 7) is 6.58. The first-order chi connectivity index (χ1) is 9.45. The van der Waals surface area contributed by atoms with Gasteiger partial charge in [-0.3, -0.25) is 0 Å². The Hall–Kier alpha value is -0.430. The second kappa shape index (κ2) is 5.40. The highest BCUT2D eigenvalue weighted by molar-refractivity contribution is 7.89. The Morgan fingerprint density at radius 1 is 1.25 bits per heavy atom. The zero-order valence-electron chi connectivity index (χ0n) is 12.2. The molecule has 5 nitrogen and oxygen atoms in total. The summed E-state index contributed by atoms with van der Waals surface area (Å²) in [5.41, 5.74) is 2.50. The molecule has 114 valence electrons. The first kappa shape index (κ1) is 14.5. The first-order valence-corrected chi connectivity index (χ1v) is 8.93. The van der Waals surface area contributed by atoms with Crippen molar-refractivity contribution in [3.63, 3.8) is 0 Å². The summed E-state index contributed by atoms with van der Waals surface area (Å²) in [5.74, 6) is 0.507. The van der Waals surface area contributed by atoms with Gasteiger partial charge in [-0.25, -0.2) is 8.42 Å². The van der Waals surface area contributed by atoms with Gasteiger partial charge in [-0.05, 0) is 26.7 Å². The Labute approximate surface area is 121 Å². The van der Waals surface area contributed by atoms with Gasteiger partial charge in [0.25, 0.3) is 0 Å². The molecule has 2 fully saturated rings. The minimum atomic E-state index is -3.22. The molecule has 0 aliphatic carbocycles. The third-order valence-corrected chi connectivity index (χ3v) is 6.63. The minimum absolute atomic E-state index is 0.112. The van der Waals surface area contributed by atoms with Gasteiger partial charge in [-0.1, -0.05) is 11.1 Å². The lowest BCUT2D eigenvalue weighted by molar-refractivity contribution is 0.0296. The van der Waals surface area contributed by atoms with Crippen LogP contribution in [-0.4, -0.2) is 57.0 Å². The lowest BCUT2D eigenvalue weighted by atomic mass is 10.0. The zero-order valence-corrected chi connectivity index (χ0v) is 13.0. The van der Waals surface area contributed by atoms with Crippen molar-refractivity contribution in [1.82, 2.24) is 4.31 Å². The Morgan fingerprint density at radius 3 is 2.75 bits per heavy atom.